The van der Waals surface area contributed by atoms with Gasteiger partial charge in [-0.1, -0.05) is 0 Å². The van der Waals surface area contributed by atoms with Crippen LogP contribution in [-0.2, 0) is 10.0 Å². The van der Waals surface area contributed by atoms with Crippen molar-refractivity contribution < 1.29 is 12.8 Å². The summed E-state index contributed by atoms with van der Waals surface area (Å²) < 4.78 is 31.2. The van der Waals surface area contributed by atoms with E-state index < -0.39 is 10.0 Å². The molecule has 0 spiro atoms. The van der Waals surface area contributed by atoms with Crippen molar-refractivity contribution in [2.24, 2.45) is 5.92 Å². The molecule has 1 fully saturated rings. The second-order valence-corrected chi connectivity index (χ2v) is 5.92. The van der Waals surface area contributed by atoms with Gasteiger partial charge in [0.25, 0.3) is 0 Å². The van der Waals surface area contributed by atoms with Crippen molar-refractivity contribution >= 4 is 15.9 Å². The largest absolute Gasteiger partial charge is 0.445 e. The first-order valence-electron chi connectivity index (χ1n) is 5.33. The fourth-order valence-electron chi connectivity index (χ4n) is 1.85. The van der Waals surface area contributed by atoms with E-state index in [0.29, 0.717) is 11.6 Å². The van der Waals surface area contributed by atoms with Gasteiger partial charge in [-0.2, -0.15) is 0 Å². The lowest BCUT2D eigenvalue weighted by Gasteiger charge is -2.09. The Kier molecular flexibility index (Phi) is 3.20. The highest BCUT2D eigenvalue weighted by Crippen LogP contribution is 2.16. The molecule has 2 N–H and O–H groups in total. The highest BCUT2D eigenvalue weighted by molar-refractivity contribution is 7.92. The molecule has 1 aromatic rings. The SMILES string of the molecule is Cc1ccc(NS(=O)(=O)CC2CCNC2)o1. The van der Waals surface area contributed by atoms with Gasteiger partial charge >= 0.3 is 0 Å². The Morgan fingerprint density at radius 3 is 2.94 bits per heavy atom. The first kappa shape index (κ1) is 11.5. The third kappa shape index (κ3) is 2.99. The van der Waals surface area contributed by atoms with Gasteiger partial charge in [-0.15, -0.1) is 0 Å². The molecule has 16 heavy (non-hydrogen) atoms. The minimum atomic E-state index is -3.29. The summed E-state index contributed by atoms with van der Waals surface area (Å²) in [7, 11) is -3.29. The van der Waals surface area contributed by atoms with Gasteiger partial charge in [-0.3, -0.25) is 4.72 Å². The number of hydrogen-bond acceptors (Lipinski definition) is 4. The molecule has 2 heterocycles. The Morgan fingerprint density at radius 2 is 2.38 bits per heavy atom. The van der Waals surface area contributed by atoms with Crippen molar-refractivity contribution in [3.63, 3.8) is 0 Å². The van der Waals surface area contributed by atoms with E-state index in [1.807, 2.05) is 0 Å². The Labute approximate surface area is 95.3 Å². The van der Waals surface area contributed by atoms with Gasteiger partial charge < -0.3 is 9.73 Å². The third-order valence-electron chi connectivity index (χ3n) is 2.61. The summed E-state index contributed by atoms with van der Waals surface area (Å²) in [6, 6.07) is 3.36. The van der Waals surface area contributed by atoms with Crippen molar-refractivity contribution in [3.8, 4) is 0 Å². The topological polar surface area (TPSA) is 71.3 Å². The van der Waals surface area contributed by atoms with Gasteiger partial charge in [-0.05, 0) is 38.4 Å². The molecule has 0 aromatic carbocycles. The van der Waals surface area contributed by atoms with Crippen LogP contribution in [0.5, 0.6) is 0 Å². The van der Waals surface area contributed by atoms with Crippen molar-refractivity contribution in [3.05, 3.63) is 17.9 Å². The third-order valence-corrected chi connectivity index (χ3v) is 4.04. The zero-order valence-electron chi connectivity index (χ0n) is 9.19. The molecule has 0 aliphatic carbocycles. The molecular weight excluding hydrogens is 228 g/mol. The number of aryl methyl sites for hydroxylation is 1. The molecule has 0 amide bonds. The maximum absolute atomic E-state index is 11.8. The van der Waals surface area contributed by atoms with Gasteiger partial charge in [0.05, 0.1) is 5.75 Å². The predicted molar refractivity (Wildman–Crippen MR) is 61.8 cm³/mol. The Bertz CT molecular complexity index is 446. The van der Waals surface area contributed by atoms with Crippen molar-refractivity contribution in [2.45, 2.75) is 13.3 Å². The molecule has 1 unspecified atom stereocenters. The average Bonchev–Trinajstić information content (AvgIpc) is 2.76. The fraction of sp³-hybridized carbons (Fsp3) is 0.600. The second-order valence-electron chi connectivity index (χ2n) is 4.15. The normalized spacial score (nSPS) is 21.2. The zero-order valence-corrected chi connectivity index (χ0v) is 10.0. The summed E-state index contributed by atoms with van der Waals surface area (Å²) in [6.07, 6.45) is 0.915. The summed E-state index contributed by atoms with van der Waals surface area (Å²) in [4.78, 5) is 0. The average molecular weight is 244 g/mol. The summed E-state index contributed by atoms with van der Waals surface area (Å²) in [5.41, 5.74) is 0. The van der Waals surface area contributed by atoms with Crippen molar-refractivity contribution in [1.29, 1.82) is 0 Å². The molecule has 1 aliphatic rings. The summed E-state index contributed by atoms with van der Waals surface area (Å²) in [5.74, 6) is 1.34. The lowest BCUT2D eigenvalue weighted by atomic mass is 10.2. The lowest BCUT2D eigenvalue weighted by Crippen LogP contribution is -2.23. The summed E-state index contributed by atoms with van der Waals surface area (Å²) in [5, 5.41) is 3.15. The van der Waals surface area contributed by atoms with Crippen LogP contribution in [0.4, 0.5) is 5.88 Å². The minimum Gasteiger partial charge on any atom is -0.445 e. The van der Waals surface area contributed by atoms with Gasteiger partial charge in [0.2, 0.25) is 15.9 Å². The maximum atomic E-state index is 11.8. The van der Waals surface area contributed by atoms with E-state index in [0.717, 1.165) is 19.5 Å². The van der Waals surface area contributed by atoms with E-state index in [9.17, 15) is 8.42 Å². The van der Waals surface area contributed by atoms with Crippen LogP contribution in [0.3, 0.4) is 0 Å². The predicted octanol–water partition coefficient (Wildman–Crippen LogP) is 0.939. The molecule has 6 heteroatoms. The van der Waals surface area contributed by atoms with E-state index in [1.165, 1.54) is 0 Å². The van der Waals surface area contributed by atoms with Crippen LogP contribution >= 0.6 is 0 Å². The lowest BCUT2D eigenvalue weighted by molar-refractivity contribution is 0.545. The molecular formula is C10H16N2O3S. The number of anilines is 1. The quantitative estimate of drug-likeness (QED) is 0.827. The Hall–Kier alpha value is -1.01. The molecule has 0 saturated carbocycles. The van der Waals surface area contributed by atoms with Crippen LogP contribution in [0.2, 0.25) is 0 Å². The van der Waals surface area contributed by atoms with Crippen LogP contribution in [0, 0.1) is 12.8 Å². The van der Waals surface area contributed by atoms with E-state index in [2.05, 4.69) is 10.0 Å². The highest BCUT2D eigenvalue weighted by atomic mass is 32.2. The van der Waals surface area contributed by atoms with Crippen LogP contribution in [0.25, 0.3) is 0 Å². The van der Waals surface area contributed by atoms with Crippen LogP contribution in [0.15, 0.2) is 16.5 Å². The second kappa shape index (κ2) is 4.47. The smallest absolute Gasteiger partial charge is 0.235 e. The Morgan fingerprint density at radius 1 is 1.56 bits per heavy atom. The number of furan rings is 1. The monoisotopic (exact) mass is 244 g/mol. The molecule has 1 aromatic heterocycles. The zero-order chi connectivity index (χ0) is 11.6. The van der Waals surface area contributed by atoms with Crippen LogP contribution < -0.4 is 10.0 Å². The molecule has 2 rings (SSSR count). The minimum absolute atomic E-state index is 0.153. The summed E-state index contributed by atoms with van der Waals surface area (Å²) in [6.45, 7) is 3.46. The summed E-state index contributed by atoms with van der Waals surface area (Å²) >= 11 is 0. The standard InChI is InChI=1S/C10H16N2O3S/c1-8-2-3-10(15-8)12-16(13,14)7-9-4-5-11-6-9/h2-3,9,11-12H,4-7H2,1H3. The Balaban J connectivity index is 1.96. The van der Waals surface area contributed by atoms with Gasteiger partial charge in [0.15, 0.2) is 0 Å². The van der Waals surface area contributed by atoms with E-state index in [1.54, 1.807) is 19.1 Å². The highest BCUT2D eigenvalue weighted by Gasteiger charge is 2.22. The number of hydrogen-bond donors (Lipinski definition) is 2. The van der Waals surface area contributed by atoms with E-state index in [-0.39, 0.29) is 11.7 Å². The number of sulfonamides is 1. The van der Waals surface area contributed by atoms with Gasteiger partial charge in [0, 0.05) is 6.07 Å². The van der Waals surface area contributed by atoms with Crippen molar-refractivity contribution in [1.82, 2.24) is 5.32 Å². The first-order chi connectivity index (χ1) is 7.55. The number of nitrogens with one attached hydrogen (secondary N) is 2. The first-order valence-corrected chi connectivity index (χ1v) is 6.98. The maximum Gasteiger partial charge on any atom is 0.235 e. The van der Waals surface area contributed by atoms with E-state index in [4.69, 9.17) is 4.42 Å². The van der Waals surface area contributed by atoms with Crippen molar-refractivity contribution in [2.75, 3.05) is 23.6 Å². The van der Waals surface area contributed by atoms with Gasteiger partial charge in [0.1, 0.15) is 5.76 Å². The fourth-order valence-corrected chi connectivity index (χ4v) is 3.26. The van der Waals surface area contributed by atoms with E-state index >= 15 is 0 Å². The molecule has 1 atom stereocenters. The van der Waals surface area contributed by atoms with Crippen LogP contribution in [0.1, 0.15) is 12.2 Å². The molecule has 1 saturated heterocycles. The van der Waals surface area contributed by atoms with Gasteiger partial charge in [-0.25, -0.2) is 8.42 Å². The number of rotatable bonds is 4. The molecule has 90 valence electrons. The molecule has 1 aliphatic heterocycles. The molecule has 5 nitrogen and oxygen atoms in total. The molecule has 0 radical (unpaired) electrons. The van der Waals surface area contributed by atoms with Crippen LogP contribution in [-0.4, -0.2) is 27.3 Å². The molecule has 0 bridgehead atoms.